The van der Waals surface area contributed by atoms with E-state index in [0.717, 1.165) is 11.3 Å². The molecule has 0 aliphatic heterocycles. The van der Waals surface area contributed by atoms with Gasteiger partial charge in [0.1, 0.15) is 6.04 Å². The summed E-state index contributed by atoms with van der Waals surface area (Å²) in [6.07, 6.45) is 1.90. The van der Waals surface area contributed by atoms with Gasteiger partial charge in [-0.1, -0.05) is 20.8 Å². The lowest BCUT2D eigenvalue weighted by molar-refractivity contribution is -0.140. The Labute approximate surface area is 110 Å². The minimum atomic E-state index is -3.81. The number of hydrogen-bond donors (Lipinski definition) is 2. The average Bonchev–Trinajstić information content (AvgIpc) is 2.74. The van der Waals surface area contributed by atoms with E-state index in [0.29, 0.717) is 11.4 Å². The number of carboxylic acids is 1. The van der Waals surface area contributed by atoms with Gasteiger partial charge in [0.15, 0.2) is 4.21 Å². The van der Waals surface area contributed by atoms with Gasteiger partial charge in [0, 0.05) is 0 Å². The lowest BCUT2D eigenvalue weighted by Gasteiger charge is -2.16. The van der Waals surface area contributed by atoms with Crippen molar-refractivity contribution >= 4 is 27.3 Å². The fourth-order valence-corrected chi connectivity index (χ4v) is 3.75. The summed E-state index contributed by atoms with van der Waals surface area (Å²) in [5.74, 6) is -1.52. The highest BCUT2D eigenvalue weighted by atomic mass is 32.2. The van der Waals surface area contributed by atoms with Crippen LogP contribution < -0.4 is 4.72 Å². The molecule has 1 heterocycles. The van der Waals surface area contributed by atoms with E-state index >= 15 is 0 Å². The Morgan fingerprint density at radius 1 is 1.56 bits per heavy atom. The Bertz CT molecular complexity index is 522. The monoisotopic (exact) mass is 292 g/mol. The first-order valence-corrected chi connectivity index (χ1v) is 7.77. The number of thiazole rings is 1. The summed E-state index contributed by atoms with van der Waals surface area (Å²) in [6.45, 7) is 5.16. The topological polar surface area (TPSA) is 96.4 Å². The number of nitrogens with zero attached hydrogens (tertiary/aromatic N) is 1. The number of hydrogen-bond acceptors (Lipinski definition) is 5. The number of carboxylic acid groups (broad SMARTS) is 1. The van der Waals surface area contributed by atoms with Crippen molar-refractivity contribution in [3.8, 4) is 0 Å². The van der Waals surface area contributed by atoms with E-state index in [-0.39, 0.29) is 10.1 Å². The Morgan fingerprint density at radius 2 is 2.17 bits per heavy atom. The van der Waals surface area contributed by atoms with E-state index in [2.05, 4.69) is 9.71 Å². The maximum Gasteiger partial charge on any atom is 0.322 e. The maximum absolute atomic E-state index is 12.0. The summed E-state index contributed by atoms with van der Waals surface area (Å²) < 4.78 is 26.2. The molecule has 6 nitrogen and oxygen atoms in total. The Balaban J connectivity index is 2.96. The van der Waals surface area contributed by atoms with Gasteiger partial charge in [0.05, 0.1) is 11.2 Å². The average molecular weight is 292 g/mol. The fraction of sp³-hybridized carbons (Fsp3) is 0.600. The van der Waals surface area contributed by atoms with Crippen LogP contribution in [0.25, 0.3) is 0 Å². The zero-order valence-corrected chi connectivity index (χ0v) is 12.0. The lowest BCUT2D eigenvalue weighted by atomic mass is 10.1. The molecule has 1 aromatic heterocycles. The summed E-state index contributed by atoms with van der Waals surface area (Å²) in [4.78, 5) is 14.9. The van der Waals surface area contributed by atoms with Crippen LogP contribution in [-0.4, -0.2) is 30.5 Å². The van der Waals surface area contributed by atoms with Crippen molar-refractivity contribution < 1.29 is 18.3 Å². The van der Waals surface area contributed by atoms with Crippen molar-refractivity contribution in [3.05, 3.63) is 11.2 Å². The zero-order valence-electron chi connectivity index (χ0n) is 10.4. The predicted octanol–water partition coefficient (Wildman–Crippen LogP) is 1.09. The molecule has 0 aliphatic rings. The van der Waals surface area contributed by atoms with Gasteiger partial charge in [-0.2, -0.15) is 4.72 Å². The van der Waals surface area contributed by atoms with Crippen molar-refractivity contribution in [1.82, 2.24) is 9.71 Å². The Hall–Kier alpha value is -0.990. The minimum absolute atomic E-state index is 0.0475. The molecular weight excluding hydrogens is 276 g/mol. The quantitative estimate of drug-likeness (QED) is 0.818. The van der Waals surface area contributed by atoms with E-state index in [4.69, 9.17) is 5.11 Å². The van der Waals surface area contributed by atoms with Crippen LogP contribution in [0.15, 0.2) is 10.4 Å². The van der Waals surface area contributed by atoms with Gasteiger partial charge in [-0.3, -0.25) is 4.79 Å². The Morgan fingerprint density at radius 3 is 2.56 bits per heavy atom. The van der Waals surface area contributed by atoms with Crippen LogP contribution >= 0.6 is 11.3 Å². The van der Waals surface area contributed by atoms with Crippen molar-refractivity contribution in [3.63, 3.8) is 0 Å². The third-order valence-corrected chi connectivity index (χ3v) is 5.36. The van der Waals surface area contributed by atoms with Crippen LogP contribution in [-0.2, 0) is 21.2 Å². The minimum Gasteiger partial charge on any atom is -0.480 e. The third-order valence-electron chi connectivity index (χ3n) is 2.31. The zero-order chi connectivity index (χ0) is 13.9. The summed E-state index contributed by atoms with van der Waals surface area (Å²) in [5, 5.41) is 9.67. The highest BCUT2D eigenvalue weighted by Gasteiger charge is 2.29. The SMILES string of the molecule is CCc1ncc(S(=O)(=O)N[C@@H](C(=O)O)C(C)C)s1. The first kappa shape index (κ1) is 15.1. The van der Waals surface area contributed by atoms with Gasteiger partial charge < -0.3 is 5.11 Å². The first-order chi connectivity index (χ1) is 8.27. The molecule has 0 spiro atoms. The van der Waals surface area contributed by atoms with Crippen LogP contribution in [0.2, 0.25) is 0 Å². The Kier molecular flexibility index (Phi) is 4.83. The molecule has 0 aromatic carbocycles. The van der Waals surface area contributed by atoms with Gasteiger partial charge in [-0.05, 0) is 12.3 Å². The molecule has 0 fully saturated rings. The molecule has 0 bridgehead atoms. The van der Waals surface area contributed by atoms with Crippen molar-refractivity contribution in [1.29, 1.82) is 0 Å². The van der Waals surface area contributed by atoms with Gasteiger partial charge in [-0.15, -0.1) is 11.3 Å². The molecule has 1 aromatic rings. The van der Waals surface area contributed by atoms with Gasteiger partial charge in [0.25, 0.3) is 10.0 Å². The number of nitrogens with one attached hydrogen (secondary N) is 1. The van der Waals surface area contributed by atoms with Crippen LogP contribution in [0.5, 0.6) is 0 Å². The van der Waals surface area contributed by atoms with Crippen LogP contribution in [0.3, 0.4) is 0 Å². The van der Waals surface area contributed by atoms with Gasteiger partial charge in [-0.25, -0.2) is 13.4 Å². The number of aromatic nitrogens is 1. The van der Waals surface area contributed by atoms with Crippen LogP contribution in [0.4, 0.5) is 0 Å². The molecule has 1 atom stereocenters. The van der Waals surface area contributed by atoms with E-state index < -0.39 is 22.0 Å². The van der Waals surface area contributed by atoms with Crippen molar-refractivity contribution in [2.75, 3.05) is 0 Å². The maximum atomic E-state index is 12.0. The van der Waals surface area contributed by atoms with Gasteiger partial charge >= 0.3 is 5.97 Å². The molecule has 2 N–H and O–H groups in total. The normalized spacial score (nSPS) is 13.8. The lowest BCUT2D eigenvalue weighted by Crippen LogP contribution is -2.43. The molecule has 0 aliphatic carbocycles. The molecule has 0 saturated carbocycles. The molecule has 1 rings (SSSR count). The number of sulfonamides is 1. The highest BCUT2D eigenvalue weighted by Crippen LogP contribution is 2.20. The summed E-state index contributed by atoms with van der Waals surface area (Å²) in [7, 11) is -3.81. The smallest absolute Gasteiger partial charge is 0.322 e. The van der Waals surface area contributed by atoms with Crippen LogP contribution in [0, 0.1) is 5.92 Å². The van der Waals surface area contributed by atoms with E-state index in [1.165, 1.54) is 6.20 Å². The summed E-state index contributed by atoms with van der Waals surface area (Å²) in [6, 6.07) is -1.14. The van der Waals surface area contributed by atoms with Crippen LogP contribution in [0.1, 0.15) is 25.8 Å². The first-order valence-electron chi connectivity index (χ1n) is 5.47. The number of aliphatic carboxylic acids is 1. The second-order valence-electron chi connectivity index (χ2n) is 4.11. The summed E-state index contributed by atoms with van der Waals surface area (Å²) in [5.41, 5.74) is 0. The second-order valence-corrected chi connectivity index (χ2v) is 7.16. The number of rotatable bonds is 6. The van der Waals surface area contributed by atoms with Crippen molar-refractivity contribution in [2.24, 2.45) is 5.92 Å². The highest BCUT2D eigenvalue weighted by molar-refractivity contribution is 7.91. The van der Waals surface area contributed by atoms with E-state index in [9.17, 15) is 13.2 Å². The molecule has 0 saturated heterocycles. The predicted molar refractivity (Wildman–Crippen MR) is 68.1 cm³/mol. The largest absolute Gasteiger partial charge is 0.480 e. The van der Waals surface area contributed by atoms with Gasteiger partial charge in [0.2, 0.25) is 0 Å². The molecule has 0 amide bonds. The molecular formula is C10H16N2O4S2. The second kappa shape index (κ2) is 5.77. The number of carbonyl (C=O) groups is 1. The van der Waals surface area contributed by atoms with Crippen molar-refractivity contribution in [2.45, 2.75) is 37.4 Å². The molecule has 0 unspecified atom stereocenters. The summed E-state index contributed by atoms with van der Waals surface area (Å²) >= 11 is 1.05. The molecule has 102 valence electrons. The molecule has 18 heavy (non-hydrogen) atoms. The molecule has 0 radical (unpaired) electrons. The standard InChI is InChI=1S/C10H16N2O4S2/c1-4-7-11-5-8(17-7)18(15,16)12-9(6(2)3)10(13)14/h5-6,9,12H,4H2,1-3H3,(H,13,14)/t9-/m1/s1. The fourth-order valence-electron chi connectivity index (χ4n) is 1.28. The number of aryl methyl sites for hydroxylation is 1. The molecule has 8 heteroatoms. The third kappa shape index (κ3) is 3.50. The van der Waals surface area contributed by atoms with E-state index in [1.807, 2.05) is 6.92 Å². The van der Waals surface area contributed by atoms with E-state index in [1.54, 1.807) is 13.8 Å².